The van der Waals surface area contributed by atoms with Gasteiger partial charge in [0.05, 0.1) is 6.21 Å². The van der Waals surface area contributed by atoms with Gasteiger partial charge in [-0.15, -0.1) is 0 Å². The van der Waals surface area contributed by atoms with Crippen molar-refractivity contribution < 1.29 is 18.3 Å². The van der Waals surface area contributed by atoms with Crippen LogP contribution >= 0.6 is 0 Å². The molecule has 0 saturated carbocycles. The van der Waals surface area contributed by atoms with Gasteiger partial charge in [-0.05, 0) is 25.1 Å². The first kappa shape index (κ1) is 15.6. The van der Waals surface area contributed by atoms with Crippen LogP contribution in [0.2, 0.25) is 0 Å². The summed E-state index contributed by atoms with van der Waals surface area (Å²) in [7, 11) is 0. The molecule has 1 N–H and O–H groups in total. The predicted molar refractivity (Wildman–Crippen MR) is 78.8 cm³/mol. The molecule has 0 aliphatic heterocycles. The molecule has 0 fully saturated rings. The predicted octanol–water partition coefficient (Wildman–Crippen LogP) is 2.80. The number of benzene rings is 2. The minimum Gasteiger partial charge on any atom is -0.484 e. The summed E-state index contributed by atoms with van der Waals surface area (Å²) in [5.74, 6) is -1.94. The molecule has 0 unspecified atom stereocenters. The second-order valence-corrected chi connectivity index (χ2v) is 4.54. The lowest BCUT2D eigenvalue weighted by Crippen LogP contribution is -2.24. The van der Waals surface area contributed by atoms with E-state index in [9.17, 15) is 13.6 Å². The van der Waals surface area contributed by atoms with Gasteiger partial charge in [0.25, 0.3) is 5.91 Å². The third-order valence-corrected chi connectivity index (χ3v) is 2.77. The van der Waals surface area contributed by atoms with E-state index in [0.717, 1.165) is 17.8 Å². The van der Waals surface area contributed by atoms with Gasteiger partial charge in [-0.2, -0.15) is 5.10 Å². The summed E-state index contributed by atoms with van der Waals surface area (Å²) >= 11 is 0. The van der Waals surface area contributed by atoms with Gasteiger partial charge in [0.1, 0.15) is 5.75 Å². The Labute approximate surface area is 126 Å². The van der Waals surface area contributed by atoms with Crippen LogP contribution in [0.25, 0.3) is 0 Å². The molecule has 4 nitrogen and oxygen atoms in total. The van der Waals surface area contributed by atoms with Crippen LogP contribution in [0, 0.1) is 18.6 Å². The fraction of sp³-hybridized carbons (Fsp3) is 0.125. The Balaban J connectivity index is 1.83. The van der Waals surface area contributed by atoms with Gasteiger partial charge >= 0.3 is 0 Å². The number of carbonyl (C=O) groups is 1. The van der Waals surface area contributed by atoms with Crippen molar-refractivity contribution in [1.29, 1.82) is 0 Å². The molecule has 22 heavy (non-hydrogen) atoms. The van der Waals surface area contributed by atoms with Crippen LogP contribution in [0.4, 0.5) is 8.78 Å². The molecule has 1 amide bonds. The maximum atomic E-state index is 13.3. The topological polar surface area (TPSA) is 50.7 Å². The molecule has 0 saturated heterocycles. The molecule has 0 bridgehead atoms. The average Bonchev–Trinajstić information content (AvgIpc) is 2.51. The third-order valence-electron chi connectivity index (χ3n) is 2.77. The second kappa shape index (κ2) is 7.31. The van der Waals surface area contributed by atoms with Crippen LogP contribution in [-0.4, -0.2) is 18.7 Å². The van der Waals surface area contributed by atoms with Gasteiger partial charge in [-0.25, -0.2) is 14.2 Å². The monoisotopic (exact) mass is 304 g/mol. The number of hydrogen-bond acceptors (Lipinski definition) is 3. The van der Waals surface area contributed by atoms with E-state index in [-0.39, 0.29) is 12.2 Å². The van der Waals surface area contributed by atoms with Crippen molar-refractivity contribution in [3.05, 3.63) is 65.2 Å². The molecule has 2 aromatic rings. The largest absolute Gasteiger partial charge is 0.484 e. The van der Waals surface area contributed by atoms with Gasteiger partial charge < -0.3 is 4.74 Å². The summed E-state index contributed by atoms with van der Waals surface area (Å²) in [6.45, 7) is 1.71. The van der Waals surface area contributed by atoms with Crippen molar-refractivity contribution >= 4 is 12.1 Å². The van der Waals surface area contributed by atoms with E-state index in [1.54, 1.807) is 12.1 Å². The fourth-order valence-corrected chi connectivity index (χ4v) is 1.61. The number of nitrogens with zero attached hydrogens (tertiary/aromatic N) is 1. The van der Waals surface area contributed by atoms with Crippen molar-refractivity contribution in [2.24, 2.45) is 5.10 Å². The van der Waals surface area contributed by atoms with Crippen LogP contribution in [0.3, 0.4) is 0 Å². The van der Waals surface area contributed by atoms with Crippen molar-refractivity contribution in [3.8, 4) is 5.75 Å². The number of rotatable bonds is 5. The van der Waals surface area contributed by atoms with Gasteiger partial charge in [-0.1, -0.05) is 29.8 Å². The van der Waals surface area contributed by atoms with E-state index in [2.05, 4.69) is 10.5 Å². The zero-order valence-electron chi connectivity index (χ0n) is 11.8. The number of hydrazone groups is 1. The first-order valence-corrected chi connectivity index (χ1v) is 6.51. The lowest BCUT2D eigenvalue weighted by molar-refractivity contribution is -0.123. The molecule has 0 heterocycles. The molecule has 0 radical (unpaired) electrons. The molecule has 0 aliphatic rings. The van der Waals surface area contributed by atoms with Crippen LogP contribution in [0.1, 0.15) is 11.1 Å². The van der Waals surface area contributed by atoms with Crippen LogP contribution < -0.4 is 10.2 Å². The van der Waals surface area contributed by atoms with Crippen molar-refractivity contribution in [3.63, 3.8) is 0 Å². The zero-order valence-corrected chi connectivity index (χ0v) is 11.8. The molecule has 6 heteroatoms. The van der Waals surface area contributed by atoms with Gasteiger partial charge in [-0.3, -0.25) is 4.79 Å². The van der Waals surface area contributed by atoms with E-state index < -0.39 is 17.5 Å². The molecule has 0 atom stereocenters. The van der Waals surface area contributed by atoms with Gasteiger partial charge in [0, 0.05) is 5.56 Å². The number of ether oxygens (including phenoxy) is 1. The fourth-order valence-electron chi connectivity index (χ4n) is 1.61. The third kappa shape index (κ3) is 4.37. The Morgan fingerprint density at radius 2 is 1.95 bits per heavy atom. The summed E-state index contributed by atoms with van der Waals surface area (Å²) in [6.07, 6.45) is 1.03. The Morgan fingerprint density at radius 3 is 2.68 bits per heavy atom. The average molecular weight is 304 g/mol. The molecule has 114 valence electrons. The lowest BCUT2D eigenvalue weighted by atomic mass is 10.2. The molecule has 0 aromatic heterocycles. The summed E-state index contributed by atoms with van der Waals surface area (Å²) in [5.41, 5.74) is 3.20. The van der Waals surface area contributed by atoms with E-state index >= 15 is 0 Å². The minimum atomic E-state index is -1.02. The smallest absolute Gasteiger partial charge is 0.277 e. The van der Waals surface area contributed by atoms with E-state index in [4.69, 9.17) is 4.74 Å². The minimum absolute atomic E-state index is 0.0558. The van der Waals surface area contributed by atoms with Gasteiger partial charge in [0.2, 0.25) is 0 Å². The first-order chi connectivity index (χ1) is 10.6. The molecule has 2 rings (SSSR count). The highest BCUT2D eigenvalue weighted by atomic mass is 19.2. The first-order valence-electron chi connectivity index (χ1n) is 6.51. The standard InChI is InChI=1S/C16H14F2N2O2/c1-11-5-7-13(8-6-11)22-10-15(21)20-19-9-12-3-2-4-14(17)16(12)18/h2-9H,10H2,1H3,(H,20,21). The zero-order chi connectivity index (χ0) is 15.9. The number of amides is 1. The summed E-state index contributed by atoms with van der Waals surface area (Å²) in [6, 6.07) is 10.9. The second-order valence-electron chi connectivity index (χ2n) is 4.54. The molecular weight excluding hydrogens is 290 g/mol. The van der Waals surface area contributed by atoms with Crippen LogP contribution in [0.15, 0.2) is 47.6 Å². The molecular formula is C16H14F2N2O2. The Kier molecular flexibility index (Phi) is 5.19. The van der Waals surface area contributed by atoms with Crippen molar-refractivity contribution in [2.45, 2.75) is 6.92 Å². The Bertz CT molecular complexity index is 685. The number of nitrogens with one attached hydrogen (secondary N) is 1. The van der Waals surface area contributed by atoms with Crippen molar-refractivity contribution in [2.75, 3.05) is 6.61 Å². The van der Waals surface area contributed by atoms with E-state index in [1.165, 1.54) is 12.1 Å². The highest BCUT2D eigenvalue weighted by molar-refractivity contribution is 5.83. The Hall–Kier alpha value is -2.76. The highest BCUT2D eigenvalue weighted by Crippen LogP contribution is 2.11. The number of carbonyl (C=O) groups excluding carboxylic acids is 1. The number of hydrogen-bond donors (Lipinski definition) is 1. The van der Waals surface area contributed by atoms with Crippen LogP contribution in [0.5, 0.6) is 5.75 Å². The SMILES string of the molecule is Cc1ccc(OCC(=O)NN=Cc2cccc(F)c2F)cc1. The van der Waals surface area contributed by atoms with E-state index in [1.807, 2.05) is 19.1 Å². The number of aryl methyl sites for hydroxylation is 1. The summed E-state index contributed by atoms with van der Waals surface area (Å²) in [4.78, 5) is 11.5. The van der Waals surface area contributed by atoms with Gasteiger partial charge in [0.15, 0.2) is 18.2 Å². The normalized spacial score (nSPS) is 10.7. The molecule has 0 aliphatic carbocycles. The summed E-state index contributed by atoms with van der Waals surface area (Å²) < 4.78 is 31.5. The lowest BCUT2D eigenvalue weighted by Gasteiger charge is -2.05. The van der Waals surface area contributed by atoms with Crippen LogP contribution in [-0.2, 0) is 4.79 Å². The van der Waals surface area contributed by atoms with E-state index in [0.29, 0.717) is 5.75 Å². The number of halogens is 2. The summed E-state index contributed by atoms with van der Waals surface area (Å²) in [5, 5.41) is 3.56. The maximum Gasteiger partial charge on any atom is 0.277 e. The van der Waals surface area contributed by atoms with Crippen molar-refractivity contribution in [1.82, 2.24) is 5.43 Å². The Morgan fingerprint density at radius 1 is 1.23 bits per heavy atom. The quantitative estimate of drug-likeness (QED) is 0.682. The maximum absolute atomic E-state index is 13.3. The molecule has 0 spiro atoms. The highest BCUT2D eigenvalue weighted by Gasteiger charge is 2.05. The molecule has 2 aromatic carbocycles.